The number of nitrogens with zero attached hydrogens (tertiary/aromatic N) is 1. The minimum Gasteiger partial charge on any atom is -0.336 e. The fourth-order valence-electron chi connectivity index (χ4n) is 2.35. The number of carbonyl (C=O) groups excluding carboxylic acids is 1. The molecule has 0 aromatic heterocycles. The fraction of sp³-hybridized carbons (Fsp3) is 0.929. The molecule has 0 aromatic carbocycles. The van der Waals surface area contributed by atoms with Gasteiger partial charge in [0, 0.05) is 19.1 Å². The van der Waals surface area contributed by atoms with Crippen molar-refractivity contribution >= 4 is 6.03 Å². The van der Waals surface area contributed by atoms with Crippen molar-refractivity contribution < 1.29 is 4.79 Å². The van der Waals surface area contributed by atoms with E-state index in [-0.39, 0.29) is 6.03 Å². The minimum absolute atomic E-state index is 0.146. The van der Waals surface area contributed by atoms with E-state index in [2.05, 4.69) is 19.2 Å². The third kappa shape index (κ3) is 5.94. The van der Waals surface area contributed by atoms with Crippen LogP contribution in [-0.2, 0) is 0 Å². The van der Waals surface area contributed by atoms with Gasteiger partial charge >= 0.3 is 6.03 Å². The van der Waals surface area contributed by atoms with E-state index in [1.54, 1.807) is 0 Å². The van der Waals surface area contributed by atoms with Crippen LogP contribution >= 0.6 is 0 Å². The first-order chi connectivity index (χ1) is 8.24. The average Bonchev–Trinajstić information content (AvgIpc) is 2.36. The number of rotatable bonds is 6. The van der Waals surface area contributed by atoms with Gasteiger partial charge in [-0.25, -0.2) is 4.79 Å². The molecular weight excluding hydrogens is 212 g/mol. The smallest absolute Gasteiger partial charge is 0.317 e. The lowest BCUT2D eigenvalue weighted by molar-refractivity contribution is 0.182. The van der Waals surface area contributed by atoms with Crippen LogP contribution in [0.3, 0.4) is 0 Å². The second-order valence-electron chi connectivity index (χ2n) is 5.25. The van der Waals surface area contributed by atoms with Crippen molar-refractivity contribution in [3.05, 3.63) is 0 Å². The van der Waals surface area contributed by atoms with Crippen LogP contribution in [0.1, 0.15) is 65.2 Å². The molecule has 0 bridgehead atoms. The van der Waals surface area contributed by atoms with Gasteiger partial charge in [-0.15, -0.1) is 0 Å². The molecule has 17 heavy (non-hydrogen) atoms. The van der Waals surface area contributed by atoms with Gasteiger partial charge in [0.2, 0.25) is 0 Å². The summed E-state index contributed by atoms with van der Waals surface area (Å²) in [5.41, 5.74) is 0. The summed E-state index contributed by atoms with van der Waals surface area (Å²) in [6.07, 6.45) is 9.82. The van der Waals surface area contributed by atoms with E-state index in [1.165, 1.54) is 32.1 Å². The molecule has 1 saturated heterocycles. The Hall–Kier alpha value is -0.730. The van der Waals surface area contributed by atoms with E-state index in [0.29, 0.717) is 6.04 Å². The van der Waals surface area contributed by atoms with Crippen LogP contribution in [0, 0.1) is 0 Å². The van der Waals surface area contributed by atoms with Crippen molar-refractivity contribution in [1.29, 1.82) is 0 Å². The third-order valence-electron chi connectivity index (χ3n) is 3.50. The Morgan fingerprint density at radius 1 is 1.18 bits per heavy atom. The molecule has 0 aliphatic carbocycles. The molecular formula is C14H28N2O. The van der Waals surface area contributed by atoms with Gasteiger partial charge in [-0.3, -0.25) is 0 Å². The molecule has 0 saturated carbocycles. The molecule has 0 radical (unpaired) electrons. The van der Waals surface area contributed by atoms with Crippen LogP contribution < -0.4 is 5.32 Å². The zero-order valence-corrected chi connectivity index (χ0v) is 11.5. The number of unbranched alkanes of at least 4 members (excludes halogenated alkanes) is 3. The van der Waals surface area contributed by atoms with Gasteiger partial charge in [0.25, 0.3) is 0 Å². The fourth-order valence-corrected chi connectivity index (χ4v) is 2.35. The van der Waals surface area contributed by atoms with Crippen molar-refractivity contribution in [2.45, 2.75) is 71.3 Å². The maximum absolute atomic E-state index is 11.9. The molecule has 1 aliphatic heterocycles. The van der Waals surface area contributed by atoms with E-state index >= 15 is 0 Å². The summed E-state index contributed by atoms with van der Waals surface area (Å²) in [7, 11) is 0. The largest absolute Gasteiger partial charge is 0.336 e. The molecule has 2 amide bonds. The summed E-state index contributed by atoms with van der Waals surface area (Å²) in [5.74, 6) is 0. The van der Waals surface area contributed by atoms with Crippen molar-refractivity contribution in [3.8, 4) is 0 Å². The Morgan fingerprint density at radius 3 is 2.53 bits per heavy atom. The Morgan fingerprint density at radius 2 is 1.88 bits per heavy atom. The molecule has 0 aromatic rings. The van der Waals surface area contributed by atoms with Crippen molar-refractivity contribution in [3.63, 3.8) is 0 Å². The number of hydrogen-bond donors (Lipinski definition) is 1. The zero-order valence-electron chi connectivity index (χ0n) is 11.5. The molecule has 3 nitrogen and oxygen atoms in total. The lowest BCUT2D eigenvalue weighted by Crippen LogP contribution is -2.45. The van der Waals surface area contributed by atoms with Crippen LogP contribution in [-0.4, -0.2) is 30.1 Å². The quantitative estimate of drug-likeness (QED) is 0.708. The summed E-state index contributed by atoms with van der Waals surface area (Å²) >= 11 is 0. The first-order valence-corrected chi connectivity index (χ1v) is 7.29. The predicted molar refractivity (Wildman–Crippen MR) is 72.2 cm³/mol. The highest BCUT2D eigenvalue weighted by molar-refractivity contribution is 5.74. The van der Waals surface area contributed by atoms with E-state index in [0.717, 1.165) is 32.4 Å². The van der Waals surface area contributed by atoms with Crippen LogP contribution in [0.5, 0.6) is 0 Å². The topological polar surface area (TPSA) is 32.3 Å². The second kappa shape index (κ2) is 8.37. The van der Waals surface area contributed by atoms with Crippen molar-refractivity contribution in [1.82, 2.24) is 10.2 Å². The number of piperidine rings is 1. The van der Waals surface area contributed by atoms with Gasteiger partial charge in [0.05, 0.1) is 0 Å². The van der Waals surface area contributed by atoms with Crippen molar-refractivity contribution in [2.24, 2.45) is 0 Å². The molecule has 3 heteroatoms. The number of carbonyl (C=O) groups is 1. The van der Waals surface area contributed by atoms with Gasteiger partial charge in [-0.05, 0) is 32.6 Å². The standard InChI is InChI=1S/C14H28N2O/c1-3-4-5-7-10-13(2)15-14(17)16-11-8-6-9-12-16/h13H,3-12H2,1-2H3,(H,15,17). The summed E-state index contributed by atoms with van der Waals surface area (Å²) in [6.45, 7) is 6.22. The normalized spacial score (nSPS) is 17.9. The summed E-state index contributed by atoms with van der Waals surface area (Å²) in [4.78, 5) is 13.9. The number of nitrogens with one attached hydrogen (secondary N) is 1. The van der Waals surface area contributed by atoms with Gasteiger partial charge in [-0.2, -0.15) is 0 Å². The van der Waals surface area contributed by atoms with Crippen LogP contribution in [0.25, 0.3) is 0 Å². The van der Waals surface area contributed by atoms with Crippen LogP contribution in [0.2, 0.25) is 0 Å². The number of hydrogen-bond acceptors (Lipinski definition) is 1. The molecule has 1 fully saturated rings. The van der Waals surface area contributed by atoms with Gasteiger partial charge in [0.1, 0.15) is 0 Å². The highest BCUT2D eigenvalue weighted by atomic mass is 16.2. The second-order valence-corrected chi connectivity index (χ2v) is 5.25. The SMILES string of the molecule is CCCCCCC(C)NC(=O)N1CCCCC1. The first-order valence-electron chi connectivity index (χ1n) is 7.29. The maximum Gasteiger partial charge on any atom is 0.317 e. The molecule has 1 atom stereocenters. The zero-order chi connectivity index (χ0) is 12.5. The van der Waals surface area contributed by atoms with E-state index < -0.39 is 0 Å². The maximum atomic E-state index is 11.9. The monoisotopic (exact) mass is 240 g/mol. The van der Waals surface area contributed by atoms with E-state index in [4.69, 9.17) is 0 Å². The Labute approximate surface area is 106 Å². The molecule has 1 rings (SSSR count). The van der Waals surface area contributed by atoms with Crippen molar-refractivity contribution in [2.75, 3.05) is 13.1 Å². The van der Waals surface area contributed by atoms with E-state index in [9.17, 15) is 4.79 Å². The summed E-state index contributed by atoms with van der Waals surface area (Å²) in [5, 5.41) is 3.11. The average molecular weight is 240 g/mol. The Kier molecular flexibility index (Phi) is 7.06. The molecule has 1 heterocycles. The molecule has 0 spiro atoms. The minimum atomic E-state index is 0.146. The lowest BCUT2D eigenvalue weighted by Gasteiger charge is -2.28. The number of amides is 2. The predicted octanol–water partition coefficient (Wildman–Crippen LogP) is 3.54. The van der Waals surface area contributed by atoms with Gasteiger partial charge in [0.15, 0.2) is 0 Å². The summed E-state index contributed by atoms with van der Waals surface area (Å²) < 4.78 is 0. The first kappa shape index (κ1) is 14.3. The van der Waals surface area contributed by atoms with Crippen LogP contribution in [0.15, 0.2) is 0 Å². The van der Waals surface area contributed by atoms with Gasteiger partial charge < -0.3 is 10.2 Å². The third-order valence-corrected chi connectivity index (χ3v) is 3.50. The molecule has 1 aliphatic rings. The lowest BCUT2D eigenvalue weighted by atomic mass is 10.1. The Bertz CT molecular complexity index is 212. The summed E-state index contributed by atoms with van der Waals surface area (Å²) in [6, 6.07) is 0.467. The molecule has 100 valence electrons. The van der Waals surface area contributed by atoms with Gasteiger partial charge in [-0.1, -0.05) is 32.6 Å². The molecule has 1 unspecified atom stereocenters. The van der Waals surface area contributed by atoms with Crippen LogP contribution in [0.4, 0.5) is 4.79 Å². The highest BCUT2D eigenvalue weighted by Gasteiger charge is 2.17. The van der Waals surface area contributed by atoms with E-state index in [1.807, 2.05) is 4.90 Å². The number of likely N-dealkylation sites (tertiary alicyclic amines) is 1. The highest BCUT2D eigenvalue weighted by Crippen LogP contribution is 2.10. The number of urea groups is 1. The molecule has 1 N–H and O–H groups in total. The Balaban J connectivity index is 2.11.